The zero-order valence-corrected chi connectivity index (χ0v) is 36.6. The van der Waals surface area contributed by atoms with Gasteiger partial charge in [-0.15, -0.1) is 0 Å². The van der Waals surface area contributed by atoms with Gasteiger partial charge in [0.25, 0.3) is 11.8 Å². The van der Waals surface area contributed by atoms with E-state index in [2.05, 4.69) is 55.8 Å². The SMILES string of the molecule is COc1cc2c(cc1OCc1cc(COc3cc4c(cc3OC)C(=O)N3c5ccccc5CC3N4)cc(CSCC(C)(C)SSC)c1)N=C[C@@H]1Cc3ccccc3N1C2=O. The summed E-state index contributed by atoms with van der Waals surface area (Å²) in [7, 11) is 6.85. The number of benzene rings is 5. The molecule has 0 bridgehead atoms. The summed E-state index contributed by atoms with van der Waals surface area (Å²) in [4.78, 5) is 36.2. The third-order valence-corrected chi connectivity index (χ3v) is 15.4. The Bertz CT molecular complexity index is 2530. The van der Waals surface area contributed by atoms with Gasteiger partial charge in [-0.25, -0.2) is 0 Å². The molecule has 4 aliphatic rings. The number of amides is 2. The quantitative estimate of drug-likeness (QED) is 0.109. The molecular weight excluding hydrogens is 813 g/mol. The number of aliphatic imine (C=N–C) groups is 1. The maximum absolute atomic E-state index is 14.0. The summed E-state index contributed by atoms with van der Waals surface area (Å²) in [5, 5.41) is 3.58. The van der Waals surface area contributed by atoms with Crippen molar-refractivity contribution < 1.29 is 28.5 Å². The number of thioether (sulfide) groups is 1. The number of nitrogens with one attached hydrogen (secondary N) is 1. The highest BCUT2D eigenvalue weighted by molar-refractivity contribution is 8.77. The smallest absolute Gasteiger partial charge is 0.262 e. The molecule has 0 aromatic heterocycles. The molecule has 13 heteroatoms. The Morgan fingerprint density at radius 3 is 2.02 bits per heavy atom. The molecule has 0 aliphatic carbocycles. The molecule has 0 spiro atoms. The summed E-state index contributed by atoms with van der Waals surface area (Å²) in [5.74, 6) is 3.62. The van der Waals surface area contributed by atoms with Gasteiger partial charge in [-0.1, -0.05) is 70.1 Å². The molecule has 10 nitrogen and oxygen atoms in total. The third-order valence-electron chi connectivity index (χ3n) is 11.1. The van der Waals surface area contributed by atoms with Gasteiger partial charge >= 0.3 is 0 Å². The molecule has 0 saturated carbocycles. The van der Waals surface area contributed by atoms with E-state index in [0.717, 1.165) is 69.2 Å². The number of methoxy groups -OCH3 is 2. The Morgan fingerprint density at radius 1 is 0.733 bits per heavy atom. The van der Waals surface area contributed by atoms with E-state index in [0.29, 0.717) is 39.8 Å². The highest BCUT2D eigenvalue weighted by atomic mass is 33.1. The first-order valence-electron chi connectivity index (χ1n) is 19.9. The lowest BCUT2D eigenvalue weighted by Gasteiger charge is -2.33. The Kier molecular flexibility index (Phi) is 11.2. The van der Waals surface area contributed by atoms with Crippen molar-refractivity contribution in [2.24, 2.45) is 4.99 Å². The highest BCUT2D eigenvalue weighted by Crippen LogP contribution is 2.44. The first-order chi connectivity index (χ1) is 29.1. The fourth-order valence-electron chi connectivity index (χ4n) is 8.46. The summed E-state index contributed by atoms with van der Waals surface area (Å²) < 4.78 is 24.7. The highest BCUT2D eigenvalue weighted by Gasteiger charge is 2.40. The van der Waals surface area contributed by atoms with Crippen LogP contribution in [-0.4, -0.2) is 61.2 Å². The molecule has 1 unspecified atom stereocenters. The van der Waals surface area contributed by atoms with Crippen LogP contribution in [0, 0.1) is 0 Å². The zero-order valence-electron chi connectivity index (χ0n) is 34.2. The van der Waals surface area contributed by atoms with Gasteiger partial charge in [0.2, 0.25) is 0 Å². The van der Waals surface area contributed by atoms with E-state index < -0.39 is 0 Å². The lowest BCUT2D eigenvalue weighted by Crippen LogP contribution is -2.46. The van der Waals surface area contributed by atoms with Gasteiger partial charge in [0.15, 0.2) is 23.0 Å². The van der Waals surface area contributed by atoms with E-state index in [1.807, 2.05) is 81.0 Å². The number of rotatable bonds is 14. The standard InChI is InChI=1S/C47H46N4O6S3/c1-47(2,60-58-5)27-59-26-30-15-28(24-56-42-21-36-34(19-40(42)54-3)45(52)50-33(23-48-36)17-31-10-6-8-12-38(31)50)14-29(16-30)25-57-43-22-37-35(20-41(43)55-4)46(53)51-39-13-9-7-11-32(39)18-44(51)49-37/h6-16,19-23,33,44,49H,17-18,24-27H2,1-5H3/t33-,44?/m0/s1. The molecule has 0 fully saturated rings. The van der Waals surface area contributed by atoms with Crippen molar-refractivity contribution >= 4 is 74.1 Å². The first kappa shape index (κ1) is 40.2. The van der Waals surface area contributed by atoms with Crippen LogP contribution in [0.4, 0.5) is 22.7 Å². The van der Waals surface area contributed by atoms with Crippen LogP contribution in [0.2, 0.25) is 0 Å². The van der Waals surface area contributed by atoms with Crippen molar-refractivity contribution in [3.05, 3.63) is 130 Å². The Morgan fingerprint density at radius 2 is 1.33 bits per heavy atom. The summed E-state index contributed by atoms with van der Waals surface area (Å²) >= 11 is 1.90. The zero-order chi connectivity index (χ0) is 41.5. The molecule has 0 saturated heterocycles. The van der Waals surface area contributed by atoms with Gasteiger partial charge in [-0.2, -0.15) is 11.8 Å². The number of nitrogens with zero attached hydrogens (tertiary/aromatic N) is 3. The molecule has 5 aromatic carbocycles. The molecular formula is C47H46N4O6S3. The predicted octanol–water partition coefficient (Wildman–Crippen LogP) is 10.1. The van der Waals surface area contributed by atoms with E-state index in [1.165, 1.54) is 0 Å². The first-order valence-corrected chi connectivity index (χ1v) is 23.6. The lowest BCUT2D eigenvalue weighted by molar-refractivity contribution is 0.0973. The number of para-hydroxylation sites is 2. The molecule has 2 atom stereocenters. The fraction of sp³-hybridized carbons (Fsp3) is 0.298. The van der Waals surface area contributed by atoms with Crippen molar-refractivity contribution in [2.45, 2.75) is 62.6 Å². The molecule has 4 aliphatic heterocycles. The van der Waals surface area contributed by atoms with Gasteiger partial charge in [-0.3, -0.25) is 24.4 Å². The third kappa shape index (κ3) is 7.78. The molecule has 4 heterocycles. The largest absolute Gasteiger partial charge is 0.493 e. The van der Waals surface area contributed by atoms with Crippen LogP contribution in [0.1, 0.15) is 62.4 Å². The fourth-order valence-corrected chi connectivity index (χ4v) is 12.1. The summed E-state index contributed by atoms with van der Waals surface area (Å²) in [6.45, 7) is 5.07. The van der Waals surface area contributed by atoms with E-state index in [4.69, 9.17) is 23.9 Å². The summed E-state index contributed by atoms with van der Waals surface area (Å²) in [6, 6.07) is 29.5. The van der Waals surface area contributed by atoms with Crippen LogP contribution in [0.5, 0.6) is 23.0 Å². The van der Waals surface area contributed by atoms with Crippen LogP contribution < -0.4 is 34.1 Å². The number of fused-ring (bicyclic) bond motifs is 8. The van der Waals surface area contributed by atoms with Gasteiger partial charge in [-0.05, 0) is 78.3 Å². The van der Waals surface area contributed by atoms with E-state index in [9.17, 15) is 9.59 Å². The molecule has 5 aromatic rings. The minimum absolute atomic E-state index is 0.0619. The predicted molar refractivity (Wildman–Crippen MR) is 246 cm³/mol. The van der Waals surface area contributed by atoms with Crippen molar-refractivity contribution in [3.63, 3.8) is 0 Å². The topological polar surface area (TPSA) is 102 Å². The van der Waals surface area contributed by atoms with Crippen molar-refractivity contribution in [2.75, 3.05) is 41.3 Å². The molecule has 1 N–H and O–H groups in total. The summed E-state index contributed by atoms with van der Waals surface area (Å²) in [6.07, 6.45) is 5.26. The maximum atomic E-state index is 14.0. The average molecular weight is 859 g/mol. The lowest BCUT2D eigenvalue weighted by atomic mass is 10.1. The number of ether oxygens (including phenoxy) is 4. The Labute approximate surface area is 362 Å². The normalized spacial score (nSPS) is 17.1. The Hall–Kier alpha value is -5.24. The van der Waals surface area contributed by atoms with Crippen LogP contribution in [0.3, 0.4) is 0 Å². The van der Waals surface area contributed by atoms with Crippen LogP contribution in [0.25, 0.3) is 0 Å². The minimum atomic E-state index is -0.167. The second kappa shape index (κ2) is 16.7. The van der Waals surface area contributed by atoms with Crippen LogP contribution >= 0.6 is 33.3 Å². The van der Waals surface area contributed by atoms with Crippen LogP contribution in [-0.2, 0) is 31.8 Å². The second-order valence-corrected chi connectivity index (χ2v) is 19.9. The van der Waals surface area contributed by atoms with Gasteiger partial charge in [0.05, 0.1) is 42.8 Å². The second-order valence-electron chi connectivity index (χ2n) is 15.8. The summed E-state index contributed by atoms with van der Waals surface area (Å²) in [5.41, 5.74) is 9.49. The maximum Gasteiger partial charge on any atom is 0.262 e. The van der Waals surface area contributed by atoms with E-state index in [1.54, 1.807) is 43.2 Å². The number of anilines is 3. The van der Waals surface area contributed by atoms with Crippen molar-refractivity contribution in [1.82, 2.24) is 0 Å². The Balaban J connectivity index is 0.960. The number of carbonyl (C=O) groups is 2. The van der Waals surface area contributed by atoms with E-state index >= 15 is 0 Å². The molecule has 2 amide bonds. The molecule has 308 valence electrons. The minimum Gasteiger partial charge on any atom is -0.493 e. The monoisotopic (exact) mass is 858 g/mol. The number of hydrogen-bond donors (Lipinski definition) is 1. The molecule has 60 heavy (non-hydrogen) atoms. The van der Waals surface area contributed by atoms with Crippen LogP contribution in [0.15, 0.2) is 96.0 Å². The molecule has 0 radical (unpaired) electrons. The van der Waals surface area contributed by atoms with E-state index in [-0.39, 0.29) is 42.0 Å². The van der Waals surface area contributed by atoms with Gasteiger partial charge < -0.3 is 24.3 Å². The molecule has 9 rings (SSSR count). The van der Waals surface area contributed by atoms with Gasteiger partial charge in [0.1, 0.15) is 19.4 Å². The number of hydrogen-bond acceptors (Lipinski definition) is 11. The number of carbonyl (C=O) groups excluding carboxylic acids is 2. The average Bonchev–Trinajstić information content (AvgIpc) is 3.78. The van der Waals surface area contributed by atoms with Crippen molar-refractivity contribution in [1.29, 1.82) is 0 Å². The van der Waals surface area contributed by atoms with Gasteiger partial charge in [0, 0.05) is 58.8 Å². The van der Waals surface area contributed by atoms with Crippen molar-refractivity contribution in [3.8, 4) is 23.0 Å².